The lowest BCUT2D eigenvalue weighted by molar-refractivity contribution is -0.152. The third kappa shape index (κ3) is 3.83. The Morgan fingerprint density at radius 3 is 3.07 bits per heavy atom. The highest BCUT2D eigenvalue weighted by atomic mass is 32.1. The van der Waals surface area contributed by atoms with Crippen molar-refractivity contribution in [1.82, 2.24) is 14.5 Å². The van der Waals surface area contributed by atoms with Crippen LogP contribution < -0.4 is 5.56 Å². The van der Waals surface area contributed by atoms with E-state index < -0.39 is 0 Å². The van der Waals surface area contributed by atoms with Gasteiger partial charge in [-0.2, -0.15) is 0 Å². The van der Waals surface area contributed by atoms with Crippen LogP contribution in [0.3, 0.4) is 0 Å². The Kier molecular flexibility index (Phi) is 5.38. The monoisotopic (exact) mass is 403 g/mol. The average molecular weight is 404 g/mol. The Hall–Kier alpha value is -2.03. The van der Waals surface area contributed by atoms with Crippen molar-refractivity contribution in [3.05, 3.63) is 39.6 Å². The van der Waals surface area contributed by atoms with Crippen molar-refractivity contribution in [3.63, 3.8) is 0 Å². The van der Waals surface area contributed by atoms with Gasteiger partial charge in [0.15, 0.2) is 0 Å². The summed E-state index contributed by atoms with van der Waals surface area (Å²) in [6, 6.07) is 3.94. The number of aromatic nitrogens is 2. The zero-order chi connectivity index (χ0) is 18.8. The fourth-order valence-electron chi connectivity index (χ4n) is 3.45. The maximum atomic E-state index is 12.9. The lowest BCUT2D eigenvalue weighted by Crippen LogP contribution is -2.41. The van der Waals surface area contributed by atoms with Gasteiger partial charge in [0.2, 0.25) is 0 Å². The van der Waals surface area contributed by atoms with Crippen LogP contribution in [0.4, 0.5) is 0 Å². The Labute approximate surface area is 165 Å². The van der Waals surface area contributed by atoms with Crippen molar-refractivity contribution in [1.29, 1.82) is 0 Å². The summed E-state index contributed by atoms with van der Waals surface area (Å²) in [4.78, 5) is 33.7. The molecule has 1 aliphatic rings. The molecule has 0 spiro atoms. The average Bonchev–Trinajstić information content (AvgIpc) is 3.33. The van der Waals surface area contributed by atoms with Crippen LogP contribution >= 0.6 is 22.7 Å². The Balaban J connectivity index is 1.54. The zero-order valence-corrected chi connectivity index (χ0v) is 16.7. The third-order valence-electron chi connectivity index (χ3n) is 4.85. The first-order valence-corrected chi connectivity index (χ1v) is 10.8. The first kappa shape index (κ1) is 18.3. The molecular weight excluding hydrogens is 382 g/mol. The summed E-state index contributed by atoms with van der Waals surface area (Å²) in [5, 5.41) is 4.51. The third-order valence-corrected chi connectivity index (χ3v) is 6.64. The van der Waals surface area contributed by atoms with Gasteiger partial charge in [0.05, 0.1) is 11.7 Å². The SMILES string of the molecule is CCN1CCCC(OC(=O)Cn2cnc3scc(-c4cccs4)c3c2=O)C1. The van der Waals surface area contributed by atoms with Gasteiger partial charge in [0, 0.05) is 22.4 Å². The number of hydrogen-bond donors (Lipinski definition) is 0. The van der Waals surface area contributed by atoms with Gasteiger partial charge in [-0.3, -0.25) is 19.1 Å². The summed E-state index contributed by atoms with van der Waals surface area (Å²) >= 11 is 3.03. The van der Waals surface area contributed by atoms with E-state index in [-0.39, 0.29) is 24.2 Å². The number of rotatable bonds is 5. The smallest absolute Gasteiger partial charge is 0.326 e. The van der Waals surface area contributed by atoms with Crippen LogP contribution in [0, 0.1) is 0 Å². The van der Waals surface area contributed by atoms with Crippen molar-refractivity contribution in [2.45, 2.75) is 32.4 Å². The zero-order valence-electron chi connectivity index (χ0n) is 15.1. The second kappa shape index (κ2) is 7.92. The van der Waals surface area contributed by atoms with E-state index in [1.165, 1.54) is 22.2 Å². The molecule has 4 heterocycles. The van der Waals surface area contributed by atoms with Crippen LogP contribution in [-0.2, 0) is 16.1 Å². The van der Waals surface area contributed by atoms with Crippen LogP contribution in [0.2, 0.25) is 0 Å². The minimum absolute atomic E-state index is 0.0959. The van der Waals surface area contributed by atoms with Gasteiger partial charge in [-0.05, 0) is 37.4 Å². The van der Waals surface area contributed by atoms with E-state index in [4.69, 9.17) is 4.74 Å². The lowest BCUT2D eigenvalue weighted by Gasteiger charge is -2.31. The minimum Gasteiger partial charge on any atom is -0.460 e. The number of carbonyl (C=O) groups is 1. The Morgan fingerprint density at radius 1 is 1.41 bits per heavy atom. The molecule has 1 atom stereocenters. The van der Waals surface area contributed by atoms with Gasteiger partial charge < -0.3 is 4.74 Å². The number of carbonyl (C=O) groups excluding carboxylic acids is 1. The lowest BCUT2D eigenvalue weighted by atomic mass is 10.1. The highest BCUT2D eigenvalue weighted by Crippen LogP contribution is 2.33. The van der Waals surface area contributed by atoms with E-state index >= 15 is 0 Å². The first-order chi connectivity index (χ1) is 13.2. The van der Waals surface area contributed by atoms with Crippen molar-refractivity contribution < 1.29 is 9.53 Å². The molecular formula is C19H21N3O3S2. The number of likely N-dealkylation sites (tertiary alicyclic amines) is 1. The van der Waals surface area contributed by atoms with E-state index in [1.54, 1.807) is 11.3 Å². The highest BCUT2D eigenvalue weighted by molar-refractivity contribution is 7.18. The Morgan fingerprint density at radius 2 is 2.30 bits per heavy atom. The standard InChI is InChI=1S/C19H21N3O3S2/c1-2-21-7-3-5-13(9-21)25-16(23)10-22-12-20-18-17(19(22)24)14(11-27-18)15-6-4-8-26-15/h4,6,8,11-13H,2-3,5,7,9-10H2,1H3. The second-order valence-corrected chi connectivity index (χ2v) is 8.44. The van der Waals surface area contributed by atoms with Gasteiger partial charge in [0.25, 0.3) is 5.56 Å². The predicted molar refractivity (Wildman–Crippen MR) is 108 cm³/mol. The molecule has 1 aliphatic heterocycles. The largest absolute Gasteiger partial charge is 0.460 e. The first-order valence-electron chi connectivity index (χ1n) is 9.08. The van der Waals surface area contributed by atoms with E-state index in [1.807, 2.05) is 22.9 Å². The number of thiophene rings is 2. The second-order valence-electron chi connectivity index (χ2n) is 6.63. The number of hydrogen-bond acceptors (Lipinski definition) is 7. The topological polar surface area (TPSA) is 64.4 Å². The van der Waals surface area contributed by atoms with Crippen LogP contribution in [0.15, 0.2) is 34.0 Å². The molecule has 0 aliphatic carbocycles. The van der Waals surface area contributed by atoms with E-state index in [9.17, 15) is 9.59 Å². The molecule has 4 rings (SSSR count). The number of nitrogens with zero attached hydrogens (tertiary/aromatic N) is 3. The van der Waals surface area contributed by atoms with Crippen LogP contribution in [0.1, 0.15) is 19.8 Å². The quantitative estimate of drug-likeness (QED) is 0.612. The normalized spacial score (nSPS) is 18.0. The summed E-state index contributed by atoms with van der Waals surface area (Å²) < 4.78 is 6.97. The summed E-state index contributed by atoms with van der Waals surface area (Å²) in [5.41, 5.74) is 0.691. The van der Waals surface area contributed by atoms with Gasteiger partial charge in [-0.25, -0.2) is 4.98 Å². The molecule has 8 heteroatoms. The van der Waals surface area contributed by atoms with Gasteiger partial charge >= 0.3 is 5.97 Å². The van der Waals surface area contributed by atoms with E-state index in [0.29, 0.717) is 10.2 Å². The maximum Gasteiger partial charge on any atom is 0.326 e. The minimum atomic E-state index is -0.380. The molecule has 1 unspecified atom stereocenters. The summed E-state index contributed by atoms with van der Waals surface area (Å²) in [7, 11) is 0. The molecule has 142 valence electrons. The van der Waals surface area contributed by atoms with Crippen molar-refractivity contribution in [2.24, 2.45) is 0 Å². The van der Waals surface area contributed by atoms with Crippen LogP contribution in [0.5, 0.6) is 0 Å². The summed E-state index contributed by atoms with van der Waals surface area (Å²) in [6.45, 7) is 4.77. The fourth-order valence-corrected chi connectivity index (χ4v) is 5.17. The number of piperidine rings is 1. The van der Waals surface area contributed by atoms with Crippen molar-refractivity contribution in [3.8, 4) is 10.4 Å². The summed E-state index contributed by atoms with van der Waals surface area (Å²) in [6.07, 6.45) is 3.25. The number of likely N-dealkylation sites (N-methyl/N-ethyl adjacent to an activating group) is 1. The molecule has 3 aromatic heterocycles. The molecule has 0 aromatic carbocycles. The molecule has 0 amide bonds. The number of fused-ring (bicyclic) bond motifs is 1. The number of esters is 1. The van der Waals surface area contributed by atoms with E-state index in [0.717, 1.165) is 42.9 Å². The molecule has 3 aromatic rings. The molecule has 0 bridgehead atoms. The molecule has 0 radical (unpaired) electrons. The molecule has 0 N–H and O–H groups in total. The van der Waals surface area contributed by atoms with Gasteiger partial charge in [0.1, 0.15) is 17.5 Å². The van der Waals surface area contributed by atoms with Crippen molar-refractivity contribution >= 4 is 38.9 Å². The highest BCUT2D eigenvalue weighted by Gasteiger charge is 2.23. The molecule has 6 nitrogen and oxygen atoms in total. The molecule has 0 saturated carbocycles. The molecule has 1 fully saturated rings. The van der Waals surface area contributed by atoms with Crippen LogP contribution in [0.25, 0.3) is 20.7 Å². The fraction of sp³-hybridized carbons (Fsp3) is 0.421. The predicted octanol–water partition coefficient (Wildman–Crippen LogP) is 3.21. The van der Waals surface area contributed by atoms with E-state index in [2.05, 4.69) is 16.8 Å². The summed E-state index contributed by atoms with van der Waals surface area (Å²) in [5.74, 6) is -0.380. The molecule has 1 saturated heterocycles. The van der Waals surface area contributed by atoms with Crippen LogP contribution in [-0.4, -0.2) is 46.2 Å². The Bertz CT molecular complexity index is 993. The van der Waals surface area contributed by atoms with Gasteiger partial charge in [-0.1, -0.05) is 13.0 Å². The van der Waals surface area contributed by atoms with Crippen molar-refractivity contribution in [2.75, 3.05) is 19.6 Å². The maximum absolute atomic E-state index is 12.9. The van der Waals surface area contributed by atoms with Gasteiger partial charge in [-0.15, -0.1) is 22.7 Å². The number of ether oxygens (including phenoxy) is 1. The molecule has 27 heavy (non-hydrogen) atoms.